The number of nitrogen functional groups attached to an aromatic ring is 3. The Morgan fingerprint density at radius 1 is 0.842 bits per heavy atom. The summed E-state index contributed by atoms with van der Waals surface area (Å²) >= 11 is 0. The molecule has 0 aliphatic rings. The Labute approximate surface area is 108 Å². The summed E-state index contributed by atoms with van der Waals surface area (Å²) in [6.07, 6.45) is 0. The SMILES string of the molecule is Nc1nc(N)c2nc(-c3ccccc3)c(N)nc2[nH+]1. The highest BCUT2D eigenvalue weighted by Gasteiger charge is 2.16. The predicted octanol–water partition coefficient (Wildman–Crippen LogP) is 0.252. The second-order valence-electron chi connectivity index (χ2n) is 4.03. The van der Waals surface area contributed by atoms with Gasteiger partial charge in [0.2, 0.25) is 11.6 Å². The van der Waals surface area contributed by atoms with Gasteiger partial charge in [0.15, 0.2) is 5.52 Å². The van der Waals surface area contributed by atoms with Gasteiger partial charge in [-0.15, -0.1) is 4.98 Å². The number of rotatable bonds is 1. The molecule has 0 aliphatic heterocycles. The number of benzene rings is 1. The maximum absolute atomic E-state index is 5.92. The van der Waals surface area contributed by atoms with Crippen LogP contribution < -0.4 is 22.2 Å². The van der Waals surface area contributed by atoms with Gasteiger partial charge in [0, 0.05) is 5.56 Å². The molecule has 2 aromatic heterocycles. The van der Waals surface area contributed by atoms with Crippen LogP contribution in [-0.2, 0) is 0 Å². The van der Waals surface area contributed by atoms with Crippen molar-refractivity contribution in [3.63, 3.8) is 0 Å². The zero-order valence-corrected chi connectivity index (χ0v) is 9.96. The molecule has 3 aromatic rings. The first-order chi connectivity index (χ1) is 9.15. The normalized spacial score (nSPS) is 10.7. The molecule has 3 rings (SSSR count). The molecule has 0 fully saturated rings. The smallest absolute Gasteiger partial charge is 0.344 e. The van der Waals surface area contributed by atoms with Crippen LogP contribution in [0.5, 0.6) is 0 Å². The molecule has 19 heavy (non-hydrogen) atoms. The summed E-state index contributed by atoms with van der Waals surface area (Å²) in [5, 5.41) is 0. The highest BCUT2D eigenvalue weighted by atomic mass is 15.1. The first-order valence-electron chi connectivity index (χ1n) is 5.62. The fourth-order valence-corrected chi connectivity index (χ4v) is 1.85. The summed E-state index contributed by atoms with van der Waals surface area (Å²) in [4.78, 5) is 15.4. The van der Waals surface area contributed by atoms with Crippen molar-refractivity contribution in [3.8, 4) is 11.3 Å². The highest BCUT2D eigenvalue weighted by Crippen LogP contribution is 2.24. The van der Waals surface area contributed by atoms with Gasteiger partial charge in [-0.3, -0.25) is 0 Å². The minimum Gasteiger partial charge on any atom is -0.372 e. The number of nitrogens with one attached hydrogen (secondary N) is 1. The molecule has 0 saturated heterocycles. The van der Waals surface area contributed by atoms with E-state index < -0.39 is 0 Å². The molecule has 7 heteroatoms. The van der Waals surface area contributed by atoms with E-state index in [0.717, 1.165) is 5.56 Å². The fraction of sp³-hybridized carbons (Fsp3) is 0. The largest absolute Gasteiger partial charge is 0.372 e. The second-order valence-corrected chi connectivity index (χ2v) is 4.03. The van der Waals surface area contributed by atoms with Gasteiger partial charge in [-0.1, -0.05) is 35.3 Å². The molecule has 0 unspecified atom stereocenters. The number of nitrogens with two attached hydrogens (primary N) is 3. The van der Waals surface area contributed by atoms with Crippen LogP contribution in [0.25, 0.3) is 22.4 Å². The zero-order valence-electron chi connectivity index (χ0n) is 9.96. The van der Waals surface area contributed by atoms with Crippen LogP contribution in [0.2, 0.25) is 0 Å². The Balaban J connectivity index is 2.31. The number of aromatic amines is 1. The summed E-state index contributed by atoms with van der Waals surface area (Å²) in [5.41, 5.74) is 19.6. The Morgan fingerprint density at radius 3 is 2.32 bits per heavy atom. The Bertz CT molecular complexity index is 755. The predicted molar refractivity (Wildman–Crippen MR) is 72.6 cm³/mol. The lowest BCUT2D eigenvalue weighted by molar-refractivity contribution is -0.333. The molecular formula is C12H12N7+. The molecule has 0 atom stereocenters. The van der Waals surface area contributed by atoms with Crippen LogP contribution in [0.4, 0.5) is 17.6 Å². The van der Waals surface area contributed by atoms with Crippen LogP contribution in [0, 0.1) is 0 Å². The second kappa shape index (κ2) is 4.05. The number of hydrogen-bond acceptors (Lipinski definition) is 6. The molecule has 0 radical (unpaired) electrons. The van der Waals surface area contributed by atoms with Gasteiger partial charge in [-0.25, -0.2) is 9.97 Å². The van der Waals surface area contributed by atoms with E-state index in [9.17, 15) is 0 Å². The first-order valence-corrected chi connectivity index (χ1v) is 5.62. The number of H-pyrrole nitrogens is 1. The standard InChI is InChI=1S/C12H11N7/c13-9-7(6-4-2-1-3-5-6)16-8-10(14)18-12(15)19-11(8)17-9/h1-5H,(H6,13,14,15,17,18,19)/p+1. The average Bonchev–Trinajstić information content (AvgIpc) is 2.38. The molecule has 1 aromatic carbocycles. The van der Waals surface area contributed by atoms with Crippen molar-refractivity contribution < 1.29 is 4.98 Å². The van der Waals surface area contributed by atoms with Crippen LogP contribution in [0.1, 0.15) is 0 Å². The molecule has 7 nitrogen and oxygen atoms in total. The maximum atomic E-state index is 5.92. The lowest BCUT2D eigenvalue weighted by atomic mass is 10.1. The van der Waals surface area contributed by atoms with E-state index in [2.05, 4.69) is 19.9 Å². The van der Waals surface area contributed by atoms with E-state index in [1.807, 2.05) is 30.3 Å². The molecule has 0 saturated carbocycles. The van der Waals surface area contributed by atoms with Gasteiger partial charge in [0.1, 0.15) is 5.69 Å². The van der Waals surface area contributed by atoms with Crippen molar-refractivity contribution in [2.45, 2.75) is 0 Å². The number of aromatic nitrogens is 4. The lowest BCUT2D eigenvalue weighted by Crippen LogP contribution is -2.18. The number of nitrogens with zero attached hydrogens (tertiary/aromatic N) is 3. The van der Waals surface area contributed by atoms with E-state index in [-0.39, 0.29) is 11.8 Å². The van der Waals surface area contributed by atoms with Crippen LogP contribution in [-0.4, -0.2) is 15.0 Å². The van der Waals surface area contributed by atoms with E-state index >= 15 is 0 Å². The number of hydrogen-bond donors (Lipinski definition) is 3. The molecular weight excluding hydrogens is 242 g/mol. The van der Waals surface area contributed by atoms with Crippen molar-refractivity contribution in [3.05, 3.63) is 30.3 Å². The number of fused-ring (bicyclic) bond motifs is 1. The quantitative estimate of drug-likeness (QED) is 0.570. The van der Waals surface area contributed by atoms with Crippen LogP contribution in [0.15, 0.2) is 30.3 Å². The topological polar surface area (TPSA) is 131 Å². The van der Waals surface area contributed by atoms with Crippen molar-refractivity contribution in [2.75, 3.05) is 17.2 Å². The van der Waals surface area contributed by atoms with E-state index in [1.165, 1.54) is 0 Å². The van der Waals surface area contributed by atoms with Gasteiger partial charge in [-0.05, 0) is 0 Å². The molecule has 2 heterocycles. The Morgan fingerprint density at radius 2 is 1.58 bits per heavy atom. The molecule has 0 bridgehead atoms. The van der Waals surface area contributed by atoms with Gasteiger partial charge < -0.3 is 17.2 Å². The summed E-state index contributed by atoms with van der Waals surface area (Å²) in [5.74, 6) is 0.696. The first kappa shape index (κ1) is 11.1. The summed E-state index contributed by atoms with van der Waals surface area (Å²) in [6, 6.07) is 9.51. The number of anilines is 3. The van der Waals surface area contributed by atoms with E-state index in [1.54, 1.807) is 0 Å². The van der Waals surface area contributed by atoms with Crippen molar-refractivity contribution in [2.24, 2.45) is 0 Å². The third-order valence-corrected chi connectivity index (χ3v) is 2.70. The molecule has 94 valence electrons. The Hall–Kier alpha value is -2.96. The summed E-state index contributed by atoms with van der Waals surface area (Å²) < 4.78 is 0. The molecule has 7 N–H and O–H groups in total. The molecule has 0 amide bonds. The van der Waals surface area contributed by atoms with Gasteiger partial charge in [0.05, 0.1) is 0 Å². The molecule has 0 spiro atoms. The summed E-state index contributed by atoms with van der Waals surface area (Å²) in [7, 11) is 0. The van der Waals surface area contributed by atoms with Crippen molar-refractivity contribution in [1.29, 1.82) is 0 Å². The fourth-order valence-electron chi connectivity index (χ4n) is 1.85. The van der Waals surface area contributed by atoms with Crippen molar-refractivity contribution >= 4 is 28.7 Å². The highest BCUT2D eigenvalue weighted by molar-refractivity contribution is 5.84. The third-order valence-electron chi connectivity index (χ3n) is 2.70. The van der Waals surface area contributed by atoms with Gasteiger partial charge >= 0.3 is 5.95 Å². The minimum atomic E-state index is 0.172. The van der Waals surface area contributed by atoms with Crippen LogP contribution in [0.3, 0.4) is 0 Å². The average molecular weight is 254 g/mol. The van der Waals surface area contributed by atoms with Gasteiger partial charge in [-0.2, -0.15) is 0 Å². The van der Waals surface area contributed by atoms with Crippen molar-refractivity contribution in [1.82, 2.24) is 15.0 Å². The monoisotopic (exact) mass is 254 g/mol. The zero-order chi connectivity index (χ0) is 13.4. The molecule has 0 aliphatic carbocycles. The van der Waals surface area contributed by atoms with Crippen LogP contribution >= 0.6 is 0 Å². The third kappa shape index (κ3) is 1.86. The Kier molecular flexibility index (Phi) is 2.38. The maximum Gasteiger partial charge on any atom is 0.344 e. The summed E-state index contributed by atoms with van der Waals surface area (Å²) in [6.45, 7) is 0. The van der Waals surface area contributed by atoms with E-state index in [4.69, 9.17) is 17.2 Å². The van der Waals surface area contributed by atoms with E-state index in [0.29, 0.717) is 22.7 Å². The van der Waals surface area contributed by atoms with Gasteiger partial charge in [0.25, 0.3) is 5.65 Å². The minimum absolute atomic E-state index is 0.172. The lowest BCUT2D eigenvalue weighted by Gasteiger charge is -2.04.